The first-order chi connectivity index (χ1) is 16.4. The second-order valence-electron chi connectivity index (χ2n) is 9.09. The first-order valence-electron chi connectivity index (χ1n) is 11.5. The van der Waals surface area contributed by atoms with Crippen molar-refractivity contribution in [1.82, 2.24) is 15.1 Å². The van der Waals surface area contributed by atoms with Crippen molar-refractivity contribution in [2.75, 3.05) is 12.0 Å². The van der Waals surface area contributed by atoms with E-state index in [2.05, 4.69) is 5.32 Å². The van der Waals surface area contributed by atoms with Gasteiger partial charge < -0.3 is 10.1 Å². The molecule has 1 aromatic carbocycles. The molecular weight excluding hydrogens is 472 g/mol. The molecule has 2 amide bonds. The number of hydrogen-bond donors (Lipinski definition) is 1. The number of carbonyl (C=O) groups is 2. The maximum Gasteiger partial charge on any atom is 0.277 e. The summed E-state index contributed by atoms with van der Waals surface area (Å²) in [5, 5.41) is 10.3. The second-order valence-corrected chi connectivity index (χ2v) is 10.4. The Bertz CT molecular complexity index is 1220. The molecule has 0 bridgehead atoms. The highest BCUT2D eigenvalue weighted by Crippen LogP contribution is 2.38. The molecule has 1 aliphatic carbocycles. The Labute approximate surface area is 207 Å². The molecule has 7 nitrogen and oxygen atoms in total. The van der Waals surface area contributed by atoms with Crippen molar-refractivity contribution in [2.24, 2.45) is 0 Å². The average molecular weight is 499 g/mol. The summed E-state index contributed by atoms with van der Waals surface area (Å²) in [4.78, 5) is 30.2. The van der Waals surface area contributed by atoms with Gasteiger partial charge in [-0.3, -0.25) is 19.2 Å². The zero-order valence-corrected chi connectivity index (χ0v) is 20.8. The molecule has 2 aliphatic rings. The van der Waals surface area contributed by atoms with Crippen molar-refractivity contribution in [3.8, 4) is 16.3 Å². The van der Waals surface area contributed by atoms with Gasteiger partial charge in [-0.2, -0.15) is 5.10 Å². The summed E-state index contributed by atoms with van der Waals surface area (Å²) in [6.45, 7) is 2.04. The first kappa shape index (κ1) is 22.9. The lowest BCUT2D eigenvalue weighted by molar-refractivity contribution is -0.127. The van der Waals surface area contributed by atoms with E-state index in [1.165, 1.54) is 6.42 Å². The fourth-order valence-corrected chi connectivity index (χ4v) is 5.85. The molecule has 3 heterocycles. The van der Waals surface area contributed by atoms with E-state index in [0.29, 0.717) is 22.2 Å². The quantitative estimate of drug-likeness (QED) is 0.528. The molecule has 0 unspecified atom stereocenters. The van der Waals surface area contributed by atoms with Gasteiger partial charge in [0.2, 0.25) is 5.91 Å². The van der Waals surface area contributed by atoms with E-state index in [1.54, 1.807) is 59.2 Å². The molecule has 178 valence electrons. The van der Waals surface area contributed by atoms with Gasteiger partial charge in [-0.05, 0) is 55.5 Å². The third-order valence-electron chi connectivity index (χ3n) is 6.75. The van der Waals surface area contributed by atoms with Crippen LogP contribution in [0.1, 0.15) is 49.5 Å². The number of halogens is 1. The van der Waals surface area contributed by atoms with Crippen molar-refractivity contribution >= 4 is 40.4 Å². The van der Waals surface area contributed by atoms with Crippen LogP contribution in [0.5, 0.6) is 5.75 Å². The molecule has 34 heavy (non-hydrogen) atoms. The smallest absolute Gasteiger partial charge is 0.277 e. The summed E-state index contributed by atoms with van der Waals surface area (Å²) < 4.78 is 6.95. The predicted octanol–water partition coefficient (Wildman–Crippen LogP) is 5.14. The minimum absolute atomic E-state index is 0.121. The Hall–Kier alpha value is -2.84. The van der Waals surface area contributed by atoms with Crippen LogP contribution in [-0.4, -0.2) is 40.3 Å². The van der Waals surface area contributed by atoms with Gasteiger partial charge >= 0.3 is 0 Å². The predicted molar refractivity (Wildman–Crippen MR) is 134 cm³/mol. The highest BCUT2D eigenvalue weighted by Gasteiger charge is 2.49. The Morgan fingerprint density at radius 1 is 1.24 bits per heavy atom. The molecule has 0 saturated heterocycles. The number of nitrogens with zero attached hydrogens (tertiary/aromatic N) is 3. The van der Waals surface area contributed by atoms with E-state index in [1.807, 2.05) is 17.5 Å². The van der Waals surface area contributed by atoms with Crippen LogP contribution >= 0.6 is 22.9 Å². The number of nitrogens with one attached hydrogen (secondary N) is 1. The van der Waals surface area contributed by atoms with Crippen molar-refractivity contribution < 1.29 is 14.3 Å². The summed E-state index contributed by atoms with van der Waals surface area (Å²) >= 11 is 7.98. The van der Waals surface area contributed by atoms with Crippen LogP contribution < -0.4 is 15.0 Å². The maximum atomic E-state index is 13.9. The molecule has 1 atom stereocenters. The van der Waals surface area contributed by atoms with E-state index >= 15 is 0 Å². The highest BCUT2D eigenvalue weighted by molar-refractivity contribution is 7.13. The number of methoxy groups -OCH3 is 1. The summed E-state index contributed by atoms with van der Waals surface area (Å²) in [7, 11) is 1.54. The van der Waals surface area contributed by atoms with Gasteiger partial charge in [-0.1, -0.05) is 36.9 Å². The number of ether oxygens (including phenoxy) is 1. The van der Waals surface area contributed by atoms with Gasteiger partial charge in [0, 0.05) is 11.7 Å². The number of benzene rings is 1. The van der Waals surface area contributed by atoms with Crippen molar-refractivity contribution in [1.29, 1.82) is 0 Å². The van der Waals surface area contributed by atoms with Crippen LogP contribution in [0.15, 0.2) is 41.8 Å². The molecule has 1 saturated carbocycles. The van der Waals surface area contributed by atoms with Crippen LogP contribution in [0.4, 0.5) is 5.69 Å². The number of amides is 2. The lowest BCUT2D eigenvalue weighted by Crippen LogP contribution is -2.65. The van der Waals surface area contributed by atoms with E-state index < -0.39 is 5.54 Å². The number of thiophene rings is 1. The third-order valence-corrected chi connectivity index (χ3v) is 7.94. The summed E-state index contributed by atoms with van der Waals surface area (Å²) in [5.74, 6) is 0.0378. The summed E-state index contributed by atoms with van der Waals surface area (Å²) in [6, 6.07) is 11.0. The van der Waals surface area contributed by atoms with E-state index in [4.69, 9.17) is 21.4 Å². The monoisotopic (exact) mass is 498 g/mol. The molecule has 1 N–H and O–H groups in total. The minimum atomic E-state index is -1.18. The zero-order valence-electron chi connectivity index (χ0n) is 19.2. The lowest BCUT2D eigenvalue weighted by atomic mass is 9.91. The van der Waals surface area contributed by atoms with Gasteiger partial charge in [0.1, 0.15) is 22.7 Å². The zero-order chi connectivity index (χ0) is 23.9. The van der Waals surface area contributed by atoms with Crippen LogP contribution in [-0.2, 0) is 11.3 Å². The fourth-order valence-electron chi connectivity index (χ4n) is 4.91. The maximum absolute atomic E-state index is 13.9. The molecule has 1 aliphatic heterocycles. The van der Waals surface area contributed by atoms with Crippen molar-refractivity contribution in [3.05, 3.63) is 52.5 Å². The molecule has 9 heteroatoms. The number of rotatable bonds is 5. The van der Waals surface area contributed by atoms with Crippen LogP contribution in [0.3, 0.4) is 0 Å². The van der Waals surface area contributed by atoms with E-state index in [-0.39, 0.29) is 24.4 Å². The third kappa shape index (κ3) is 3.99. The highest BCUT2D eigenvalue weighted by atomic mass is 35.5. The van der Waals surface area contributed by atoms with Crippen LogP contribution in [0.25, 0.3) is 10.6 Å². The molecular formula is C25H27ClN4O3S. The molecule has 1 fully saturated rings. The first-order valence-corrected chi connectivity index (χ1v) is 12.8. The van der Waals surface area contributed by atoms with E-state index in [0.717, 1.165) is 36.3 Å². The van der Waals surface area contributed by atoms with Crippen molar-refractivity contribution in [2.45, 2.75) is 57.2 Å². The molecule has 2 aromatic heterocycles. The van der Waals surface area contributed by atoms with Gasteiger partial charge in [-0.25, -0.2) is 0 Å². The molecule has 5 rings (SSSR count). The molecule has 0 radical (unpaired) electrons. The lowest BCUT2D eigenvalue weighted by Gasteiger charge is -2.44. The summed E-state index contributed by atoms with van der Waals surface area (Å²) in [5.41, 5.74) is 0.529. The van der Waals surface area contributed by atoms with E-state index in [9.17, 15) is 9.59 Å². The molecule has 3 aromatic rings. The van der Waals surface area contributed by atoms with Gasteiger partial charge in [0.05, 0.1) is 23.6 Å². The Morgan fingerprint density at radius 3 is 2.71 bits per heavy atom. The molecule has 0 spiro atoms. The van der Waals surface area contributed by atoms with Crippen LogP contribution in [0, 0.1) is 0 Å². The number of hydrogen-bond acceptors (Lipinski definition) is 5. The van der Waals surface area contributed by atoms with Gasteiger partial charge in [0.15, 0.2) is 0 Å². The van der Waals surface area contributed by atoms with Gasteiger partial charge in [-0.15, -0.1) is 11.3 Å². The Balaban J connectivity index is 1.57. The second kappa shape index (κ2) is 9.07. The number of fused-ring (bicyclic) bond motifs is 1. The number of anilines is 1. The van der Waals surface area contributed by atoms with Crippen molar-refractivity contribution in [3.63, 3.8) is 0 Å². The van der Waals surface area contributed by atoms with Crippen LogP contribution in [0.2, 0.25) is 5.02 Å². The fraction of sp³-hybridized carbons (Fsp3) is 0.400. The average Bonchev–Trinajstić information content (AvgIpc) is 3.50. The number of aromatic nitrogens is 2. The SMILES string of the molecule is COc1ccc(N2C(=O)c3cc(-c4cccs4)nn3C[C@]2(C)C(=O)NC2CCCCC2)cc1Cl. The summed E-state index contributed by atoms with van der Waals surface area (Å²) in [6.07, 6.45) is 5.32. The Kier molecular flexibility index (Phi) is 6.12. The largest absolute Gasteiger partial charge is 0.495 e. The standard InChI is InChI=1S/C25H27ClN4O3S/c1-25(24(32)27-16-7-4-3-5-8-16)15-29-20(14-19(28-29)22-9-6-12-34-22)23(31)30(25)17-10-11-21(33-2)18(26)13-17/h6,9-14,16H,3-5,7-8,15H2,1-2H3,(H,27,32)/t25-/m1/s1. The Morgan fingerprint density at radius 2 is 2.03 bits per heavy atom. The number of carbonyl (C=O) groups excluding carboxylic acids is 2. The normalized spacial score (nSPS) is 20.8. The minimum Gasteiger partial charge on any atom is -0.495 e. The topological polar surface area (TPSA) is 76.5 Å². The van der Waals surface area contributed by atoms with Gasteiger partial charge in [0.25, 0.3) is 5.91 Å².